The van der Waals surface area contributed by atoms with Crippen molar-refractivity contribution in [1.29, 1.82) is 0 Å². The monoisotopic (exact) mass is 613 g/mol. The molecule has 0 spiro atoms. The van der Waals surface area contributed by atoms with Gasteiger partial charge >= 0.3 is 21.3 Å². The fourth-order valence-electron chi connectivity index (χ4n) is 4.11. The molecule has 0 aromatic heterocycles. The number of hydrogen-bond donors (Lipinski definition) is 1. The largest absolute Gasteiger partial charge is 0.431 e. The van der Waals surface area contributed by atoms with Crippen molar-refractivity contribution in [3.63, 3.8) is 0 Å². The van der Waals surface area contributed by atoms with E-state index in [4.69, 9.17) is 9.29 Å². The molecule has 0 aliphatic rings. The lowest BCUT2D eigenvalue weighted by molar-refractivity contribution is -0.171. The lowest BCUT2D eigenvalue weighted by Gasteiger charge is -2.23. The Hall–Kier alpha value is -2.40. The Kier molecular flexibility index (Phi) is 9.75. The first kappa shape index (κ1) is 33.1. The lowest BCUT2D eigenvalue weighted by Crippen LogP contribution is -2.47. The highest BCUT2D eigenvalue weighted by Crippen LogP contribution is 2.41. The van der Waals surface area contributed by atoms with E-state index in [0.717, 1.165) is 14.7 Å². The standard InChI is InChI=1S/C31H36F4O4S2/c1-28(2,3)23-11-15-25(16-12-23)40(26-17-13-24(14-18-26)29(4,5)6)27-10-8-7-9-22(27)21-39-20-19-30(32,33)31(34,35)41(36,37)38/h7-18H,19-21H2,1-6H3/p+1. The van der Waals surface area contributed by atoms with Gasteiger partial charge in [-0.1, -0.05) is 84.0 Å². The SMILES string of the molecule is CC(C)(C)c1ccc([S+](c2ccc(C(C)(C)C)cc2)c2ccccc2COCCC(F)(F)C(F)(F)S(=O)(=O)O)cc1. The van der Waals surface area contributed by atoms with E-state index in [0.29, 0.717) is 5.56 Å². The molecular weight excluding hydrogens is 576 g/mol. The van der Waals surface area contributed by atoms with Crippen molar-refractivity contribution in [3.05, 3.63) is 89.5 Å². The minimum atomic E-state index is -6.29. The Morgan fingerprint density at radius 3 is 1.59 bits per heavy atom. The fourth-order valence-corrected chi connectivity index (χ4v) is 6.79. The number of ether oxygens (including phenoxy) is 1. The van der Waals surface area contributed by atoms with Crippen LogP contribution < -0.4 is 0 Å². The Morgan fingerprint density at radius 2 is 1.17 bits per heavy atom. The molecule has 3 rings (SSSR count). The van der Waals surface area contributed by atoms with Gasteiger partial charge in [0, 0.05) is 12.0 Å². The molecule has 4 nitrogen and oxygen atoms in total. The molecule has 3 aromatic carbocycles. The normalized spacial score (nSPS) is 13.6. The Morgan fingerprint density at radius 1 is 0.732 bits per heavy atom. The van der Waals surface area contributed by atoms with Crippen molar-refractivity contribution in [1.82, 2.24) is 0 Å². The highest BCUT2D eigenvalue weighted by molar-refractivity contribution is 7.97. The van der Waals surface area contributed by atoms with Crippen LogP contribution in [0.3, 0.4) is 0 Å². The van der Waals surface area contributed by atoms with Gasteiger partial charge in [0.2, 0.25) is 0 Å². The first-order valence-corrected chi connectivity index (χ1v) is 15.8. The van der Waals surface area contributed by atoms with Crippen LogP contribution in [0, 0.1) is 0 Å². The first-order valence-electron chi connectivity index (χ1n) is 13.1. The molecule has 0 saturated heterocycles. The lowest BCUT2D eigenvalue weighted by atomic mass is 9.87. The zero-order chi connectivity index (χ0) is 30.9. The van der Waals surface area contributed by atoms with E-state index in [1.165, 1.54) is 11.1 Å². The van der Waals surface area contributed by atoms with Crippen LogP contribution in [0.4, 0.5) is 17.6 Å². The number of halogens is 4. The molecule has 41 heavy (non-hydrogen) atoms. The summed E-state index contributed by atoms with van der Waals surface area (Å²) in [4.78, 5) is 2.95. The van der Waals surface area contributed by atoms with Crippen LogP contribution in [0.5, 0.6) is 0 Å². The van der Waals surface area contributed by atoms with Crippen molar-refractivity contribution in [3.8, 4) is 0 Å². The van der Waals surface area contributed by atoms with Gasteiger partial charge in [0.1, 0.15) is 0 Å². The van der Waals surface area contributed by atoms with Gasteiger partial charge in [-0.3, -0.25) is 4.55 Å². The third-order valence-electron chi connectivity index (χ3n) is 6.67. The Balaban J connectivity index is 1.94. The molecule has 0 radical (unpaired) electrons. The molecule has 0 aliphatic carbocycles. The van der Waals surface area contributed by atoms with Gasteiger partial charge in [0.15, 0.2) is 14.7 Å². The van der Waals surface area contributed by atoms with Gasteiger partial charge in [-0.25, -0.2) is 0 Å². The van der Waals surface area contributed by atoms with Crippen LogP contribution in [0.1, 0.15) is 64.7 Å². The van der Waals surface area contributed by atoms with Gasteiger partial charge in [0.05, 0.1) is 24.1 Å². The van der Waals surface area contributed by atoms with Gasteiger partial charge in [-0.05, 0) is 52.3 Å². The van der Waals surface area contributed by atoms with Crippen molar-refractivity contribution in [2.45, 2.75) is 91.3 Å². The molecule has 0 saturated carbocycles. The minimum absolute atomic E-state index is 0.0362. The average molecular weight is 614 g/mol. The summed E-state index contributed by atoms with van der Waals surface area (Å²) in [5.41, 5.74) is 2.96. The Bertz CT molecular complexity index is 1370. The molecule has 0 atom stereocenters. The fraction of sp³-hybridized carbons (Fsp3) is 0.419. The van der Waals surface area contributed by atoms with E-state index < -0.39 is 45.2 Å². The Labute approximate surface area is 243 Å². The van der Waals surface area contributed by atoms with E-state index in [1.807, 2.05) is 12.1 Å². The predicted octanol–water partition coefficient (Wildman–Crippen LogP) is 8.40. The highest BCUT2D eigenvalue weighted by atomic mass is 32.2. The maximum Gasteiger partial charge on any atom is 0.431 e. The molecular formula is C31H37F4O4S2+. The van der Waals surface area contributed by atoms with Gasteiger partial charge in [-0.2, -0.15) is 26.0 Å². The minimum Gasteiger partial charge on any atom is -0.376 e. The summed E-state index contributed by atoms with van der Waals surface area (Å²) in [5.74, 6) is -5.01. The third kappa shape index (κ3) is 7.71. The molecule has 3 aromatic rings. The summed E-state index contributed by atoms with van der Waals surface area (Å²) in [6, 6.07) is 24.0. The summed E-state index contributed by atoms with van der Waals surface area (Å²) < 4.78 is 90.5. The van der Waals surface area contributed by atoms with Gasteiger partial charge in [-0.15, -0.1) is 0 Å². The molecule has 0 unspecified atom stereocenters. The topological polar surface area (TPSA) is 63.6 Å². The van der Waals surface area contributed by atoms with Crippen LogP contribution in [0.15, 0.2) is 87.5 Å². The summed E-state index contributed by atoms with van der Waals surface area (Å²) in [5, 5.41) is -5.62. The number of hydrogen-bond acceptors (Lipinski definition) is 3. The van der Waals surface area contributed by atoms with Crippen LogP contribution in [0.2, 0.25) is 0 Å². The second-order valence-electron chi connectivity index (χ2n) is 12.0. The smallest absolute Gasteiger partial charge is 0.376 e. The number of alkyl halides is 4. The first-order chi connectivity index (χ1) is 18.8. The maximum atomic E-state index is 13.9. The molecule has 0 amide bonds. The molecule has 0 aliphatic heterocycles. The molecule has 10 heteroatoms. The molecule has 0 heterocycles. The van der Waals surface area contributed by atoms with Gasteiger partial charge in [0.25, 0.3) is 0 Å². The average Bonchev–Trinajstić information content (AvgIpc) is 2.86. The van der Waals surface area contributed by atoms with E-state index >= 15 is 0 Å². The van der Waals surface area contributed by atoms with Crippen LogP contribution in [-0.4, -0.2) is 30.8 Å². The van der Waals surface area contributed by atoms with E-state index in [1.54, 1.807) is 12.1 Å². The van der Waals surface area contributed by atoms with Gasteiger partial charge < -0.3 is 4.74 Å². The van der Waals surface area contributed by atoms with Crippen molar-refractivity contribution in [2.24, 2.45) is 0 Å². The summed E-state index contributed by atoms with van der Waals surface area (Å²) in [7, 11) is -6.90. The second kappa shape index (κ2) is 12.1. The second-order valence-corrected chi connectivity index (χ2v) is 15.4. The quantitative estimate of drug-likeness (QED) is 0.108. The summed E-state index contributed by atoms with van der Waals surface area (Å²) >= 11 is 0. The van der Waals surface area contributed by atoms with E-state index in [2.05, 4.69) is 90.1 Å². The summed E-state index contributed by atoms with van der Waals surface area (Å²) in [6.45, 7) is 11.8. The van der Waals surface area contributed by atoms with E-state index in [-0.39, 0.29) is 17.4 Å². The van der Waals surface area contributed by atoms with Crippen LogP contribution in [-0.2, 0) is 43.2 Å². The molecule has 0 fully saturated rings. The predicted molar refractivity (Wildman–Crippen MR) is 155 cm³/mol. The molecule has 1 N–H and O–H groups in total. The van der Waals surface area contributed by atoms with E-state index in [9.17, 15) is 26.0 Å². The number of benzene rings is 3. The maximum absolute atomic E-state index is 13.9. The van der Waals surface area contributed by atoms with Crippen molar-refractivity contribution in [2.75, 3.05) is 6.61 Å². The van der Waals surface area contributed by atoms with Crippen molar-refractivity contribution < 1.29 is 35.3 Å². The van der Waals surface area contributed by atoms with Crippen molar-refractivity contribution >= 4 is 21.0 Å². The number of rotatable bonds is 10. The summed E-state index contributed by atoms with van der Waals surface area (Å²) in [6.07, 6.45) is -1.59. The third-order valence-corrected chi connectivity index (χ3v) is 9.94. The van der Waals surface area contributed by atoms with Crippen LogP contribution in [0.25, 0.3) is 0 Å². The molecule has 0 bridgehead atoms. The van der Waals surface area contributed by atoms with Crippen LogP contribution >= 0.6 is 0 Å². The zero-order valence-corrected chi connectivity index (χ0v) is 25.7. The zero-order valence-electron chi connectivity index (χ0n) is 24.0. The highest BCUT2D eigenvalue weighted by Gasteiger charge is 2.65. The molecule has 224 valence electrons.